The number of hydrogen-bond acceptors (Lipinski definition) is 3. The summed E-state index contributed by atoms with van der Waals surface area (Å²) in [6.45, 7) is 1.87. The van der Waals surface area contributed by atoms with Gasteiger partial charge < -0.3 is 5.32 Å². The zero-order valence-corrected chi connectivity index (χ0v) is 18.4. The molecule has 5 nitrogen and oxygen atoms in total. The smallest absolute Gasteiger partial charge is 0.242 e. The third kappa shape index (κ3) is 5.83. The van der Waals surface area contributed by atoms with Crippen molar-refractivity contribution in [2.24, 2.45) is 0 Å². The zero-order chi connectivity index (χ0) is 21.7. The summed E-state index contributed by atoms with van der Waals surface area (Å²) in [5.74, 6) is -0.529. The average molecular weight is 463 g/mol. The maximum absolute atomic E-state index is 13.0. The van der Waals surface area contributed by atoms with Gasteiger partial charge in [0.1, 0.15) is 6.04 Å². The molecule has 0 unspecified atom stereocenters. The molecule has 0 aliphatic carbocycles. The van der Waals surface area contributed by atoms with Gasteiger partial charge in [0.2, 0.25) is 15.9 Å². The van der Waals surface area contributed by atoms with E-state index in [9.17, 15) is 13.2 Å². The lowest BCUT2D eigenvalue weighted by Gasteiger charge is -2.19. The highest BCUT2D eigenvalue weighted by molar-refractivity contribution is 7.89. The molecule has 3 aromatic carbocycles. The Kier molecular flexibility index (Phi) is 7.15. The first kappa shape index (κ1) is 22.3. The van der Waals surface area contributed by atoms with Crippen LogP contribution in [0, 0.1) is 6.92 Å². The molecule has 0 aromatic heterocycles. The number of amides is 1. The molecule has 1 amide bonds. The molecule has 0 radical (unpaired) electrons. The van der Waals surface area contributed by atoms with Crippen LogP contribution in [0.15, 0.2) is 77.7 Å². The second-order valence-electron chi connectivity index (χ2n) is 6.79. The average Bonchev–Trinajstić information content (AvgIpc) is 2.70. The summed E-state index contributed by atoms with van der Waals surface area (Å²) in [5, 5.41) is 3.37. The topological polar surface area (TPSA) is 75.3 Å². The van der Waals surface area contributed by atoms with Gasteiger partial charge in [0, 0.05) is 5.02 Å². The minimum Gasteiger partial charge on any atom is -0.323 e. The largest absolute Gasteiger partial charge is 0.323 e. The van der Waals surface area contributed by atoms with Crippen molar-refractivity contribution in [2.45, 2.75) is 24.3 Å². The first-order chi connectivity index (χ1) is 14.2. The third-order valence-corrected chi connectivity index (χ3v) is 6.45. The number of hydrogen-bond donors (Lipinski definition) is 2. The Morgan fingerprint density at radius 2 is 1.63 bits per heavy atom. The van der Waals surface area contributed by atoms with Gasteiger partial charge >= 0.3 is 0 Å². The van der Waals surface area contributed by atoms with E-state index >= 15 is 0 Å². The minimum atomic E-state index is -3.92. The summed E-state index contributed by atoms with van der Waals surface area (Å²) in [7, 11) is -3.92. The highest BCUT2D eigenvalue weighted by atomic mass is 35.5. The molecule has 0 bridgehead atoms. The second-order valence-corrected chi connectivity index (χ2v) is 9.35. The zero-order valence-electron chi connectivity index (χ0n) is 16.1. The first-order valence-corrected chi connectivity index (χ1v) is 11.4. The fraction of sp³-hybridized carbons (Fsp3) is 0.136. The van der Waals surface area contributed by atoms with E-state index in [0.717, 1.165) is 11.1 Å². The van der Waals surface area contributed by atoms with Crippen LogP contribution in [0.3, 0.4) is 0 Å². The molecule has 30 heavy (non-hydrogen) atoms. The van der Waals surface area contributed by atoms with E-state index in [4.69, 9.17) is 23.2 Å². The Bertz CT molecular complexity index is 1130. The molecule has 0 heterocycles. The van der Waals surface area contributed by atoms with Gasteiger partial charge in [0.25, 0.3) is 0 Å². The number of carbonyl (C=O) groups is 1. The Morgan fingerprint density at radius 1 is 0.967 bits per heavy atom. The van der Waals surface area contributed by atoms with E-state index in [1.165, 1.54) is 18.2 Å². The van der Waals surface area contributed by atoms with Crippen LogP contribution >= 0.6 is 23.2 Å². The Morgan fingerprint density at radius 3 is 2.27 bits per heavy atom. The summed E-state index contributed by atoms with van der Waals surface area (Å²) in [6, 6.07) is 19.2. The summed E-state index contributed by atoms with van der Waals surface area (Å²) < 4.78 is 28.3. The number of anilines is 1. The SMILES string of the molecule is Cc1ccc(S(=O)(=O)N[C@@H](Cc2ccccc2)C(=O)Nc2ccc(Cl)cc2Cl)cc1. The summed E-state index contributed by atoms with van der Waals surface area (Å²) in [6.07, 6.45) is 0.170. The van der Waals surface area contributed by atoms with Crippen LogP contribution in [0.5, 0.6) is 0 Å². The van der Waals surface area contributed by atoms with Crippen molar-refractivity contribution in [2.75, 3.05) is 5.32 Å². The maximum Gasteiger partial charge on any atom is 0.242 e. The lowest BCUT2D eigenvalue weighted by atomic mass is 10.1. The highest BCUT2D eigenvalue weighted by Crippen LogP contribution is 2.25. The van der Waals surface area contributed by atoms with Gasteiger partial charge in [0.15, 0.2) is 0 Å². The maximum atomic E-state index is 13.0. The molecule has 0 spiro atoms. The van der Waals surface area contributed by atoms with Gasteiger partial charge in [-0.1, -0.05) is 71.2 Å². The van der Waals surface area contributed by atoms with Crippen LogP contribution in [0.4, 0.5) is 5.69 Å². The monoisotopic (exact) mass is 462 g/mol. The number of sulfonamides is 1. The molecule has 0 saturated carbocycles. The van der Waals surface area contributed by atoms with Crippen molar-refractivity contribution in [1.29, 1.82) is 0 Å². The van der Waals surface area contributed by atoms with E-state index in [2.05, 4.69) is 10.0 Å². The second kappa shape index (κ2) is 9.62. The van der Waals surface area contributed by atoms with Crippen molar-refractivity contribution >= 4 is 44.8 Å². The van der Waals surface area contributed by atoms with E-state index in [1.54, 1.807) is 24.3 Å². The summed E-state index contributed by atoms with van der Waals surface area (Å²) in [4.78, 5) is 13.1. The van der Waals surface area contributed by atoms with Crippen LogP contribution in [-0.4, -0.2) is 20.4 Å². The van der Waals surface area contributed by atoms with Crippen molar-refractivity contribution in [3.05, 3.63) is 94.0 Å². The number of halogens is 2. The molecule has 156 valence electrons. The molecular formula is C22H20Cl2N2O3S. The summed E-state index contributed by atoms with van der Waals surface area (Å²) in [5.41, 5.74) is 2.09. The van der Waals surface area contributed by atoms with Gasteiger partial charge in [-0.05, 0) is 49.2 Å². The molecule has 0 aliphatic rings. The van der Waals surface area contributed by atoms with Gasteiger partial charge in [-0.2, -0.15) is 4.72 Å². The summed E-state index contributed by atoms with van der Waals surface area (Å²) >= 11 is 12.0. The van der Waals surface area contributed by atoms with Gasteiger partial charge in [-0.25, -0.2) is 8.42 Å². The van der Waals surface area contributed by atoms with Crippen LogP contribution in [0.1, 0.15) is 11.1 Å². The molecule has 8 heteroatoms. The van der Waals surface area contributed by atoms with E-state index in [0.29, 0.717) is 10.7 Å². The molecule has 0 aliphatic heterocycles. The van der Waals surface area contributed by atoms with Crippen LogP contribution in [0.25, 0.3) is 0 Å². The van der Waals surface area contributed by atoms with Crippen LogP contribution < -0.4 is 10.0 Å². The number of carbonyl (C=O) groups excluding carboxylic acids is 1. The molecule has 3 aromatic rings. The van der Waals surface area contributed by atoms with E-state index in [1.807, 2.05) is 37.3 Å². The first-order valence-electron chi connectivity index (χ1n) is 9.13. The van der Waals surface area contributed by atoms with Crippen molar-refractivity contribution in [1.82, 2.24) is 4.72 Å². The van der Waals surface area contributed by atoms with Crippen molar-refractivity contribution < 1.29 is 13.2 Å². The number of benzene rings is 3. The lowest BCUT2D eigenvalue weighted by molar-refractivity contribution is -0.117. The lowest BCUT2D eigenvalue weighted by Crippen LogP contribution is -2.45. The quantitative estimate of drug-likeness (QED) is 0.527. The molecular weight excluding hydrogens is 443 g/mol. The molecule has 1 atom stereocenters. The van der Waals surface area contributed by atoms with Crippen molar-refractivity contribution in [3.8, 4) is 0 Å². The molecule has 0 saturated heterocycles. The molecule has 3 rings (SSSR count). The standard InChI is InChI=1S/C22H20Cl2N2O3S/c1-15-7-10-18(11-8-15)30(28,29)26-21(13-16-5-3-2-4-6-16)22(27)25-20-12-9-17(23)14-19(20)24/h2-12,14,21,26H,13H2,1H3,(H,25,27)/t21-/m0/s1. The van der Waals surface area contributed by atoms with Gasteiger partial charge in [-0.15, -0.1) is 0 Å². The molecule has 0 fully saturated rings. The van der Waals surface area contributed by atoms with Gasteiger partial charge in [-0.3, -0.25) is 4.79 Å². The van der Waals surface area contributed by atoms with Gasteiger partial charge in [0.05, 0.1) is 15.6 Å². The Labute approximate surface area is 186 Å². The fourth-order valence-corrected chi connectivity index (χ4v) is 4.47. The third-order valence-electron chi connectivity index (χ3n) is 4.42. The number of nitrogens with one attached hydrogen (secondary N) is 2. The number of rotatable bonds is 7. The minimum absolute atomic E-state index is 0.0866. The highest BCUT2D eigenvalue weighted by Gasteiger charge is 2.26. The van der Waals surface area contributed by atoms with E-state index in [-0.39, 0.29) is 16.3 Å². The number of aryl methyl sites for hydroxylation is 1. The predicted octanol–water partition coefficient (Wildman–Crippen LogP) is 4.83. The Balaban J connectivity index is 1.87. The van der Waals surface area contributed by atoms with Crippen LogP contribution in [-0.2, 0) is 21.2 Å². The fourth-order valence-electron chi connectivity index (χ4n) is 2.82. The van der Waals surface area contributed by atoms with Crippen LogP contribution in [0.2, 0.25) is 10.0 Å². The van der Waals surface area contributed by atoms with E-state index < -0.39 is 22.0 Å². The molecule has 2 N–H and O–H groups in total. The normalized spacial score (nSPS) is 12.4. The Hall–Kier alpha value is -2.38. The van der Waals surface area contributed by atoms with Crippen molar-refractivity contribution in [3.63, 3.8) is 0 Å². The predicted molar refractivity (Wildman–Crippen MR) is 121 cm³/mol.